The zero-order valence-corrected chi connectivity index (χ0v) is 16.5. The summed E-state index contributed by atoms with van der Waals surface area (Å²) >= 11 is 6.84. The molecule has 0 aromatic heterocycles. The first kappa shape index (κ1) is 19.2. The quantitative estimate of drug-likeness (QED) is 0.484. The lowest BCUT2D eigenvalue weighted by molar-refractivity contribution is 0.261. The van der Waals surface area contributed by atoms with Gasteiger partial charge in [-0.15, -0.1) is 0 Å². The lowest BCUT2D eigenvalue weighted by atomic mass is 9.95. The second-order valence-electron chi connectivity index (χ2n) is 6.60. The van der Waals surface area contributed by atoms with Crippen molar-refractivity contribution in [1.82, 2.24) is 4.90 Å². The van der Waals surface area contributed by atoms with Crippen LogP contribution in [0.15, 0.2) is 84.9 Å². The summed E-state index contributed by atoms with van der Waals surface area (Å²) in [5.41, 5.74) is 4.18. The topological polar surface area (TPSA) is 12.5 Å². The molecule has 0 fully saturated rings. The Morgan fingerprint density at radius 2 is 1.26 bits per heavy atom. The van der Waals surface area contributed by atoms with Crippen LogP contribution in [0.1, 0.15) is 16.7 Å². The molecule has 0 aliphatic rings. The Morgan fingerprint density at radius 1 is 0.741 bits per heavy atom. The van der Waals surface area contributed by atoms with E-state index in [4.69, 9.17) is 16.3 Å². The molecule has 0 amide bonds. The van der Waals surface area contributed by atoms with Gasteiger partial charge >= 0.3 is 0 Å². The highest BCUT2D eigenvalue weighted by molar-refractivity contribution is 6.53. The lowest BCUT2D eigenvalue weighted by Gasteiger charge is -2.14. The van der Waals surface area contributed by atoms with Gasteiger partial charge in [-0.3, -0.25) is 0 Å². The largest absolute Gasteiger partial charge is 0.492 e. The van der Waals surface area contributed by atoms with Crippen LogP contribution in [0.25, 0.3) is 10.6 Å². The van der Waals surface area contributed by atoms with Gasteiger partial charge in [0.05, 0.1) is 5.03 Å². The van der Waals surface area contributed by atoms with Gasteiger partial charge < -0.3 is 9.64 Å². The van der Waals surface area contributed by atoms with Crippen LogP contribution in [0.4, 0.5) is 0 Å². The Bertz CT molecular complexity index is 871. The van der Waals surface area contributed by atoms with E-state index < -0.39 is 0 Å². The van der Waals surface area contributed by atoms with Crippen molar-refractivity contribution < 1.29 is 4.74 Å². The number of hydrogen-bond donors (Lipinski definition) is 0. The van der Waals surface area contributed by atoms with Crippen LogP contribution in [0, 0.1) is 0 Å². The molecular formula is C24H24ClNO. The minimum atomic E-state index is 0.665. The normalized spacial score (nSPS) is 12.0. The Balaban J connectivity index is 1.95. The highest BCUT2D eigenvalue weighted by atomic mass is 35.5. The first-order valence-electron chi connectivity index (χ1n) is 9.04. The van der Waals surface area contributed by atoms with E-state index in [1.165, 1.54) is 0 Å². The molecule has 3 aromatic rings. The predicted octanol–water partition coefficient (Wildman–Crippen LogP) is 5.78. The van der Waals surface area contributed by atoms with Crippen LogP contribution in [-0.4, -0.2) is 32.1 Å². The summed E-state index contributed by atoms with van der Waals surface area (Å²) in [5, 5.41) is 0.739. The van der Waals surface area contributed by atoms with Crippen LogP contribution in [0.3, 0.4) is 0 Å². The van der Waals surface area contributed by atoms with Crippen molar-refractivity contribution >= 4 is 22.2 Å². The van der Waals surface area contributed by atoms with Crippen LogP contribution >= 0.6 is 11.6 Å². The SMILES string of the molecule is CN(C)CCOc1ccc(C(=C(Cl)c2ccccc2)c2ccccc2)cc1. The number of halogens is 1. The van der Waals surface area contributed by atoms with E-state index in [0.717, 1.165) is 39.6 Å². The summed E-state index contributed by atoms with van der Waals surface area (Å²) in [6.45, 7) is 1.55. The van der Waals surface area contributed by atoms with E-state index in [1.54, 1.807) is 0 Å². The minimum absolute atomic E-state index is 0.665. The zero-order valence-electron chi connectivity index (χ0n) is 15.7. The average molecular weight is 378 g/mol. The lowest BCUT2D eigenvalue weighted by Crippen LogP contribution is -2.19. The zero-order chi connectivity index (χ0) is 19.1. The molecular weight excluding hydrogens is 354 g/mol. The minimum Gasteiger partial charge on any atom is -0.492 e. The van der Waals surface area contributed by atoms with E-state index >= 15 is 0 Å². The van der Waals surface area contributed by atoms with Crippen molar-refractivity contribution in [2.75, 3.05) is 27.2 Å². The van der Waals surface area contributed by atoms with Crippen LogP contribution in [0.5, 0.6) is 5.75 Å². The highest BCUT2D eigenvalue weighted by Crippen LogP contribution is 2.35. The van der Waals surface area contributed by atoms with E-state index in [0.29, 0.717) is 6.61 Å². The Kier molecular flexibility index (Phi) is 6.69. The number of nitrogens with zero attached hydrogens (tertiary/aromatic N) is 1. The summed E-state index contributed by atoms with van der Waals surface area (Å²) < 4.78 is 5.81. The molecule has 3 aromatic carbocycles. The fourth-order valence-corrected chi connectivity index (χ4v) is 3.16. The second kappa shape index (κ2) is 9.40. The molecule has 27 heavy (non-hydrogen) atoms. The number of likely N-dealkylation sites (N-methyl/N-ethyl adjacent to an activating group) is 1. The standard InChI is InChI=1S/C24H24ClNO/c1-26(2)17-18-27-22-15-13-20(14-16-22)23(19-9-5-3-6-10-19)24(25)21-11-7-4-8-12-21/h3-16H,17-18H2,1-2H3. The smallest absolute Gasteiger partial charge is 0.119 e. The summed E-state index contributed by atoms with van der Waals surface area (Å²) in [5.74, 6) is 0.865. The van der Waals surface area contributed by atoms with Crippen molar-refractivity contribution in [3.05, 3.63) is 102 Å². The van der Waals surface area contributed by atoms with Gasteiger partial charge in [0, 0.05) is 12.1 Å². The molecule has 0 saturated carbocycles. The molecule has 3 heteroatoms. The molecule has 0 bridgehead atoms. The van der Waals surface area contributed by atoms with Gasteiger partial charge in [-0.1, -0.05) is 84.4 Å². The van der Waals surface area contributed by atoms with E-state index in [1.807, 2.05) is 74.8 Å². The third-order valence-electron chi connectivity index (χ3n) is 4.26. The summed E-state index contributed by atoms with van der Waals surface area (Å²) in [7, 11) is 4.07. The molecule has 0 spiro atoms. The second-order valence-corrected chi connectivity index (χ2v) is 6.98. The third kappa shape index (κ3) is 5.22. The van der Waals surface area contributed by atoms with Gasteiger partial charge in [0.2, 0.25) is 0 Å². The van der Waals surface area contributed by atoms with Crippen LogP contribution in [-0.2, 0) is 0 Å². The molecule has 2 nitrogen and oxygen atoms in total. The van der Waals surface area contributed by atoms with Gasteiger partial charge in [-0.25, -0.2) is 0 Å². The van der Waals surface area contributed by atoms with Gasteiger partial charge in [0.15, 0.2) is 0 Å². The monoisotopic (exact) mass is 377 g/mol. The fourth-order valence-electron chi connectivity index (χ4n) is 2.82. The molecule has 0 radical (unpaired) electrons. The molecule has 0 atom stereocenters. The van der Waals surface area contributed by atoms with Crippen molar-refractivity contribution in [2.24, 2.45) is 0 Å². The van der Waals surface area contributed by atoms with Crippen LogP contribution in [0.2, 0.25) is 0 Å². The van der Waals surface area contributed by atoms with E-state index in [9.17, 15) is 0 Å². The first-order chi connectivity index (χ1) is 13.1. The van der Waals surface area contributed by atoms with E-state index in [-0.39, 0.29) is 0 Å². The summed E-state index contributed by atoms with van der Waals surface area (Å²) in [4.78, 5) is 2.10. The molecule has 3 rings (SSSR count). The summed E-state index contributed by atoms with van der Waals surface area (Å²) in [6, 6.07) is 28.5. The Morgan fingerprint density at radius 3 is 1.81 bits per heavy atom. The number of ether oxygens (including phenoxy) is 1. The van der Waals surface area contributed by atoms with Gasteiger partial charge in [-0.2, -0.15) is 0 Å². The van der Waals surface area contributed by atoms with Gasteiger partial charge in [0.25, 0.3) is 0 Å². The van der Waals surface area contributed by atoms with Crippen molar-refractivity contribution in [1.29, 1.82) is 0 Å². The van der Waals surface area contributed by atoms with Crippen molar-refractivity contribution in [3.63, 3.8) is 0 Å². The fraction of sp³-hybridized carbons (Fsp3) is 0.167. The highest BCUT2D eigenvalue weighted by Gasteiger charge is 2.12. The third-order valence-corrected chi connectivity index (χ3v) is 4.67. The summed E-state index contributed by atoms with van der Waals surface area (Å²) in [6.07, 6.45) is 0. The molecule has 0 saturated heterocycles. The molecule has 0 aliphatic carbocycles. The first-order valence-corrected chi connectivity index (χ1v) is 9.41. The van der Waals surface area contributed by atoms with Crippen molar-refractivity contribution in [2.45, 2.75) is 0 Å². The van der Waals surface area contributed by atoms with Gasteiger partial charge in [0.1, 0.15) is 12.4 Å². The van der Waals surface area contributed by atoms with Crippen LogP contribution < -0.4 is 4.74 Å². The average Bonchev–Trinajstić information content (AvgIpc) is 2.70. The van der Waals surface area contributed by atoms with Crippen molar-refractivity contribution in [3.8, 4) is 5.75 Å². The van der Waals surface area contributed by atoms with E-state index in [2.05, 4.69) is 29.2 Å². The van der Waals surface area contributed by atoms with Gasteiger partial charge in [-0.05, 0) is 42.9 Å². The molecule has 138 valence electrons. The predicted molar refractivity (Wildman–Crippen MR) is 115 cm³/mol. The number of rotatable bonds is 7. The number of benzene rings is 3. The maximum Gasteiger partial charge on any atom is 0.119 e. The molecule has 0 unspecified atom stereocenters. The molecule has 0 heterocycles. The molecule has 0 aliphatic heterocycles. The number of hydrogen-bond acceptors (Lipinski definition) is 2. The molecule has 0 N–H and O–H groups in total. The Hall–Kier alpha value is -2.55. The maximum absolute atomic E-state index is 6.84. The maximum atomic E-state index is 6.84. The Labute approximate surface area is 166 Å².